The van der Waals surface area contributed by atoms with Crippen LogP contribution in [-0.4, -0.2) is 30.7 Å². The summed E-state index contributed by atoms with van der Waals surface area (Å²) in [6.45, 7) is 0. The molecule has 2 aromatic carbocycles. The van der Waals surface area contributed by atoms with Gasteiger partial charge in [0, 0.05) is 23.3 Å². The molecule has 2 N–H and O–H groups in total. The lowest BCUT2D eigenvalue weighted by atomic mass is 10.0. The first-order valence-corrected chi connectivity index (χ1v) is 8.55. The average molecular weight is 400 g/mol. The van der Waals surface area contributed by atoms with E-state index < -0.39 is 5.97 Å². The highest BCUT2D eigenvalue weighted by molar-refractivity contribution is 6.45. The lowest BCUT2D eigenvalue weighted by Gasteiger charge is -2.13. The Labute approximate surface area is 163 Å². The first-order valence-electron chi connectivity index (χ1n) is 7.80. The molecule has 4 rings (SSSR count). The van der Waals surface area contributed by atoms with Crippen LogP contribution < -0.4 is 0 Å². The van der Waals surface area contributed by atoms with Crippen molar-refractivity contribution in [2.75, 3.05) is 0 Å². The van der Waals surface area contributed by atoms with Crippen LogP contribution in [0.15, 0.2) is 55.1 Å². The molecule has 27 heavy (non-hydrogen) atoms. The Morgan fingerprint density at radius 3 is 2.67 bits per heavy atom. The third-order valence-electron chi connectivity index (χ3n) is 4.18. The van der Waals surface area contributed by atoms with Crippen LogP contribution in [0, 0.1) is 0 Å². The van der Waals surface area contributed by atoms with Crippen LogP contribution in [0.4, 0.5) is 0 Å². The van der Waals surface area contributed by atoms with Gasteiger partial charge in [-0.1, -0.05) is 29.3 Å². The van der Waals surface area contributed by atoms with Crippen molar-refractivity contribution in [2.45, 2.75) is 0 Å². The number of hydrogen-bond donors (Lipinski definition) is 2. The summed E-state index contributed by atoms with van der Waals surface area (Å²) in [6, 6.07) is 9.66. The number of imidazole rings is 1. The normalized spacial score (nSPS) is 11.0. The molecule has 2 aromatic heterocycles. The highest BCUT2D eigenvalue weighted by Crippen LogP contribution is 2.37. The SMILES string of the molecule is O=C(O)c1cccc(-c2cc(-n3ccnc3)c3ccc(Cl)c(Cl)c3n2)c1O. The molecule has 134 valence electrons. The quantitative estimate of drug-likeness (QED) is 0.516. The third-order valence-corrected chi connectivity index (χ3v) is 4.97. The summed E-state index contributed by atoms with van der Waals surface area (Å²) >= 11 is 12.5. The second kappa shape index (κ2) is 6.57. The Kier molecular flexibility index (Phi) is 4.22. The van der Waals surface area contributed by atoms with E-state index in [1.807, 2.05) is 0 Å². The summed E-state index contributed by atoms with van der Waals surface area (Å²) in [5, 5.41) is 21.0. The standard InChI is InChI=1S/C19H11Cl2N3O3/c20-13-5-4-11-15(24-7-6-22-9-24)8-14(23-17(11)16(13)21)10-2-1-3-12(18(10)25)19(26)27/h1-9,25H,(H,26,27). The molecule has 4 aromatic rings. The van der Waals surface area contributed by atoms with Gasteiger partial charge in [0.25, 0.3) is 0 Å². The number of aromatic nitrogens is 3. The summed E-state index contributed by atoms with van der Waals surface area (Å²) < 4.78 is 1.77. The lowest BCUT2D eigenvalue weighted by Crippen LogP contribution is -2.00. The number of fused-ring (bicyclic) bond motifs is 1. The van der Waals surface area contributed by atoms with Crippen LogP contribution in [0.5, 0.6) is 5.75 Å². The van der Waals surface area contributed by atoms with Gasteiger partial charge in [0.1, 0.15) is 11.3 Å². The van der Waals surface area contributed by atoms with Gasteiger partial charge in [-0.3, -0.25) is 0 Å². The van der Waals surface area contributed by atoms with Crippen molar-refractivity contribution in [1.82, 2.24) is 14.5 Å². The van der Waals surface area contributed by atoms with Gasteiger partial charge >= 0.3 is 5.97 Å². The number of carbonyl (C=O) groups is 1. The van der Waals surface area contributed by atoms with Gasteiger partial charge in [0.15, 0.2) is 0 Å². The number of phenols is 1. The van der Waals surface area contributed by atoms with E-state index in [0.717, 1.165) is 5.39 Å². The van der Waals surface area contributed by atoms with Crippen molar-refractivity contribution in [1.29, 1.82) is 0 Å². The van der Waals surface area contributed by atoms with Crippen LogP contribution in [0.3, 0.4) is 0 Å². The summed E-state index contributed by atoms with van der Waals surface area (Å²) in [4.78, 5) is 19.9. The fourth-order valence-electron chi connectivity index (χ4n) is 2.89. The molecule has 8 heteroatoms. The minimum atomic E-state index is -1.23. The number of carboxylic acid groups (broad SMARTS) is 1. The second-order valence-electron chi connectivity index (χ2n) is 5.76. The maximum absolute atomic E-state index is 11.3. The molecule has 2 heterocycles. The van der Waals surface area contributed by atoms with E-state index in [1.54, 1.807) is 53.6 Å². The Bertz CT molecular complexity index is 1190. The molecule has 0 radical (unpaired) electrons. The Balaban J connectivity index is 2.07. The Morgan fingerprint density at radius 2 is 1.96 bits per heavy atom. The molecule has 6 nitrogen and oxygen atoms in total. The van der Waals surface area contributed by atoms with Crippen molar-refractivity contribution in [2.24, 2.45) is 0 Å². The fraction of sp³-hybridized carbons (Fsp3) is 0. The topological polar surface area (TPSA) is 88.2 Å². The van der Waals surface area contributed by atoms with E-state index >= 15 is 0 Å². The maximum atomic E-state index is 11.3. The number of aromatic hydroxyl groups is 1. The van der Waals surface area contributed by atoms with Crippen LogP contribution >= 0.6 is 23.2 Å². The first kappa shape index (κ1) is 17.3. The molecular formula is C19H11Cl2N3O3. The van der Waals surface area contributed by atoms with Gasteiger partial charge in [-0.15, -0.1) is 0 Å². The molecule has 0 aliphatic carbocycles. The van der Waals surface area contributed by atoms with E-state index in [0.29, 0.717) is 21.9 Å². The molecule has 0 atom stereocenters. The fourth-order valence-corrected chi connectivity index (χ4v) is 3.25. The zero-order chi connectivity index (χ0) is 19.1. The minimum absolute atomic E-state index is 0.212. The molecule has 0 aliphatic heterocycles. The van der Waals surface area contributed by atoms with Crippen LogP contribution in [0.25, 0.3) is 27.8 Å². The second-order valence-corrected chi connectivity index (χ2v) is 6.55. The Morgan fingerprint density at radius 1 is 1.15 bits per heavy atom. The van der Waals surface area contributed by atoms with Crippen molar-refractivity contribution < 1.29 is 15.0 Å². The lowest BCUT2D eigenvalue weighted by molar-refractivity contribution is 0.0694. The van der Waals surface area contributed by atoms with E-state index in [9.17, 15) is 15.0 Å². The van der Waals surface area contributed by atoms with E-state index in [2.05, 4.69) is 9.97 Å². The van der Waals surface area contributed by atoms with Crippen LogP contribution in [0.2, 0.25) is 10.0 Å². The zero-order valence-corrected chi connectivity index (χ0v) is 15.1. The summed E-state index contributed by atoms with van der Waals surface area (Å²) in [5.41, 5.74) is 1.57. The molecule has 0 unspecified atom stereocenters. The van der Waals surface area contributed by atoms with Crippen molar-refractivity contribution in [3.8, 4) is 22.7 Å². The van der Waals surface area contributed by atoms with Gasteiger partial charge in [0.05, 0.1) is 33.3 Å². The molecule has 0 saturated heterocycles. The van der Waals surface area contributed by atoms with Gasteiger partial charge in [0.2, 0.25) is 0 Å². The van der Waals surface area contributed by atoms with Crippen molar-refractivity contribution in [3.63, 3.8) is 0 Å². The number of aromatic carboxylic acids is 1. The summed E-state index contributed by atoms with van der Waals surface area (Å²) in [7, 11) is 0. The highest BCUT2D eigenvalue weighted by Gasteiger charge is 2.18. The number of carboxylic acids is 1. The van der Waals surface area contributed by atoms with Gasteiger partial charge in [-0.05, 0) is 30.3 Å². The zero-order valence-electron chi connectivity index (χ0n) is 13.6. The number of rotatable bonds is 3. The van der Waals surface area contributed by atoms with E-state index in [4.69, 9.17) is 23.2 Å². The van der Waals surface area contributed by atoms with Gasteiger partial charge in [-0.25, -0.2) is 14.8 Å². The predicted molar refractivity (Wildman–Crippen MR) is 103 cm³/mol. The van der Waals surface area contributed by atoms with Gasteiger partial charge in [-0.2, -0.15) is 0 Å². The van der Waals surface area contributed by atoms with Crippen LogP contribution in [0.1, 0.15) is 10.4 Å². The predicted octanol–water partition coefficient (Wildman–Crippen LogP) is 4.80. The molecule has 0 saturated carbocycles. The molecule has 0 bridgehead atoms. The van der Waals surface area contributed by atoms with Crippen molar-refractivity contribution >= 4 is 40.1 Å². The smallest absolute Gasteiger partial charge is 0.339 e. The highest BCUT2D eigenvalue weighted by atomic mass is 35.5. The molecule has 0 aliphatic rings. The largest absolute Gasteiger partial charge is 0.506 e. The number of benzene rings is 2. The first-order chi connectivity index (χ1) is 13.0. The Hall–Kier alpha value is -3.09. The monoisotopic (exact) mass is 399 g/mol. The molecule has 0 spiro atoms. The summed E-state index contributed by atoms with van der Waals surface area (Å²) in [6.07, 6.45) is 5.01. The van der Waals surface area contributed by atoms with Gasteiger partial charge < -0.3 is 14.8 Å². The van der Waals surface area contributed by atoms with E-state index in [1.165, 1.54) is 6.07 Å². The molecular weight excluding hydrogens is 389 g/mol. The number of hydrogen-bond acceptors (Lipinski definition) is 4. The van der Waals surface area contributed by atoms with E-state index in [-0.39, 0.29) is 21.9 Å². The molecule has 0 fully saturated rings. The molecule has 0 amide bonds. The minimum Gasteiger partial charge on any atom is -0.506 e. The van der Waals surface area contributed by atoms with Crippen molar-refractivity contribution in [3.05, 3.63) is 70.7 Å². The number of halogens is 2. The van der Waals surface area contributed by atoms with Crippen LogP contribution in [-0.2, 0) is 0 Å². The summed E-state index contributed by atoms with van der Waals surface area (Å²) in [5.74, 6) is -1.60. The maximum Gasteiger partial charge on any atom is 0.339 e. The number of nitrogens with zero attached hydrogens (tertiary/aromatic N) is 3. The number of pyridine rings is 1. The number of para-hydroxylation sites is 1. The third kappa shape index (κ3) is 2.89. The average Bonchev–Trinajstić information content (AvgIpc) is 3.18.